The van der Waals surface area contributed by atoms with E-state index in [0.717, 1.165) is 16.9 Å². The average molecular weight is 306 g/mol. The van der Waals surface area contributed by atoms with Crippen LogP contribution in [0, 0.1) is 6.92 Å². The van der Waals surface area contributed by atoms with Crippen molar-refractivity contribution < 1.29 is 14.4 Å². The molecular weight excluding hydrogens is 288 g/mol. The number of nitrogens with zero attached hydrogens (tertiary/aromatic N) is 1. The summed E-state index contributed by atoms with van der Waals surface area (Å²) in [5.74, 6) is -0.0959. The molecule has 1 heterocycles. The molecular formula is C15H18N2O3S. The van der Waals surface area contributed by atoms with Gasteiger partial charge in [0.15, 0.2) is 5.12 Å². The molecule has 21 heavy (non-hydrogen) atoms. The zero-order valence-corrected chi connectivity index (χ0v) is 13.1. The van der Waals surface area contributed by atoms with Crippen molar-refractivity contribution in [3.05, 3.63) is 23.8 Å². The van der Waals surface area contributed by atoms with Crippen molar-refractivity contribution in [2.24, 2.45) is 0 Å². The van der Waals surface area contributed by atoms with Crippen LogP contribution in [0.4, 0.5) is 11.4 Å². The molecule has 6 heteroatoms. The number of rotatable bonds is 3. The first kappa shape index (κ1) is 15.6. The van der Waals surface area contributed by atoms with Gasteiger partial charge in [0.1, 0.15) is 0 Å². The Morgan fingerprint density at radius 2 is 2.05 bits per heavy atom. The number of nitrogens with one attached hydrogen (secondary N) is 1. The number of carbonyl (C=O) groups excluding carboxylic acids is 3. The molecule has 0 aromatic heterocycles. The lowest BCUT2D eigenvalue weighted by atomic mass is 10.1. The molecule has 2 amide bonds. The monoisotopic (exact) mass is 306 g/mol. The van der Waals surface area contributed by atoms with E-state index >= 15 is 0 Å². The maximum absolute atomic E-state index is 12.1. The molecule has 5 nitrogen and oxygen atoms in total. The van der Waals surface area contributed by atoms with Crippen molar-refractivity contribution in [1.82, 2.24) is 0 Å². The van der Waals surface area contributed by atoms with E-state index < -0.39 is 0 Å². The van der Waals surface area contributed by atoms with Crippen LogP contribution in [-0.2, 0) is 14.4 Å². The van der Waals surface area contributed by atoms with Crippen LogP contribution in [0.15, 0.2) is 18.2 Å². The van der Waals surface area contributed by atoms with Crippen LogP contribution in [0.5, 0.6) is 0 Å². The second-order valence-corrected chi connectivity index (χ2v) is 6.60. The Balaban J connectivity index is 2.15. The summed E-state index contributed by atoms with van der Waals surface area (Å²) in [6, 6.07) is 5.49. The van der Waals surface area contributed by atoms with Crippen LogP contribution < -0.4 is 10.2 Å². The third kappa shape index (κ3) is 3.85. The van der Waals surface area contributed by atoms with Crippen LogP contribution in [0.3, 0.4) is 0 Å². The van der Waals surface area contributed by atoms with E-state index in [0.29, 0.717) is 13.0 Å². The number of anilines is 2. The molecule has 1 saturated heterocycles. The molecule has 0 saturated carbocycles. The van der Waals surface area contributed by atoms with Gasteiger partial charge in [0.2, 0.25) is 11.8 Å². The quantitative estimate of drug-likeness (QED) is 0.931. The Bertz CT molecular complexity index is 601. The maximum Gasteiger partial charge on any atom is 0.228 e. The summed E-state index contributed by atoms with van der Waals surface area (Å²) in [6.45, 7) is 5.41. The zero-order valence-electron chi connectivity index (χ0n) is 12.3. The highest BCUT2D eigenvalue weighted by Crippen LogP contribution is 2.30. The van der Waals surface area contributed by atoms with Crippen LogP contribution in [-0.4, -0.2) is 28.7 Å². The summed E-state index contributed by atoms with van der Waals surface area (Å²) in [6.07, 6.45) is 0.386. The first-order valence-electron chi connectivity index (χ1n) is 6.72. The molecule has 1 aromatic rings. The fourth-order valence-electron chi connectivity index (χ4n) is 2.38. The third-order valence-electron chi connectivity index (χ3n) is 3.25. The van der Waals surface area contributed by atoms with E-state index in [-0.39, 0.29) is 22.2 Å². The normalized spacial score (nSPS) is 18.0. The van der Waals surface area contributed by atoms with Gasteiger partial charge in [-0.3, -0.25) is 14.4 Å². The highest BCUT2D eigenvalue weighted by molar-refractivity contribution is 8.14. The van der Waals surface area contributed by atoms with Crippen LogP contribution in [0.25, 0.3) is 0 Å². The summed E-state index contributed by atoms with van der Waals surface area (Å²) in [7, 11) is 0. The summed E-state index contributed by atoms with van der Waals surface area (Å²) in [4.78, 5) is 36.0. The molecule has 112 valence electrons. The SMILES string of the molecule is CC(=O)Nc1ccc(N2CC(SC(C)=O)CC2=O)cc1C. The van der Waals surface area contributed by atoms with E-state index in [4.69, 9.17) is 0 Å². The second kappa shape index (κ2) is 6.30. The van der Waals surface area contributed by atoms with Crippen LogP contribution in [0.2, 0.25) is 0 Å². The Morgan fingerprint density at radius 1 is 1.33 bits per heavy atom. The molecule has 1 aliphatic rings. The molecule has 0 spiro atoms. The van der Waals surface area contributed by atoms with E-state index in [9.17, 15) is 14.4 Å². The Hall–Kier alpha value is -1.82. The predicted molar refractivity (Wildman–Crippen MR) is 84.5 cm³/mol. The largest absolute Gasteiger partial charge is 0.326 e. The molecule has 0 bridgehead atoms. The zero-order chi connectivity index (χ0) is 15.6. The summed E-state index contributed by atoms with van der Waals surface area (Å²) < 4.78 is 0. The van der Waals surface area contributed by atoms with Gasteiger partial charge in [-0.05, 0) is 30.7 Å². The molecule has 1 atom stereocenters. The number of benzene rings is 1. The number of hydrogen-bond acceptors (Lipinski definition) is 4. The van der Waals surface area contributed by atoms with Gasteiger partial charge in [-0.2, -0.15) is 0 Å². The van der Waals surface area contributed by atoms with Crippen molar-refractivity contribution in [1.29, 1.82) is 0 Å². The molecule has 0 aliphatic carbocycles. The lowest BCUT2D eigenvalue weighted by Gasteiger charge is -2.18. The van der Waals surface area contributed by atoms with Gasteiger partial charge in [-0.25, -0.2) is 0 Å². The summed E-state index contributed by atoms with van der Waals surface area (Å²) in [5, 5.41) is 2.80. The standard InChI is InChI=1S/C15H18N2O3S/c1-9-6-12(4-5-14(9)16-10(2)18)17-8-13(7-15(17)20)21-11(3)19/h4-6,13H,7-8H2,1-3H3,(H,16,18). The predicted octanol–water partition coefficient (Wildman–Crippen LogP) is 2.34. The van der Waals surface area contributed by atoms with E-state index in [2.05, 4.69) is 5.32 Å². The summed E-state index contributed by atoms with van der Waals surface area (Å²) in [5.41, 5.74) is 2.45. The van der Waals surface area contributed by atoms with Crippen molar-refractivity contribution in [2.75, 3.05) is 16.8 Å². The topological polar surface area (TPSA) is 66.5 Å². The number of amides is 2. The number of thioether (sulfide) groups is 1. The first-order chi connectivity index (χ1) is 9.86. The number of hydrogen-bond donors (Lipinski definition) is 1. The molecule has 0 radical (unpaired) electrons. The van der Waals surface area contributed by atoms with Gasteiger partial charge in [-0.1, -0.05) is 11.8 Å². The lowest BCUT2D eigenvalue weighted by Crippen LogP contribution is -2.25. The van der Waals surface area contributed by atoms with Crippen LogP contribution in [0.1, 0.15) is 25.8 Å². The van der Waals surface area contributed by atoms with Crippen molar-refractivity contribution >= 4 is 40.1 Å². The Labute approximate surface area is 128 Å². The third-order valence-corrected chi connectivity index (χ3v) is 4.24. The molecule has 1 unspecified atom stereocenters. The highest BCUT2D eigenvalue weighted by Gasteiger charge is 2.31. The fraction of sp³-hybridized carbons (Fsp3) is 0.400. The van der Waals surface area contributed by atoms with Gasteiger partial charge in [0, 0.05) is 43.4 Å². The lowest BCUT2D eigenvalue weighted by molar-refractivity contribution is -0.117. The fourth-order valence-corrected chi connectivity index (χ4v) is 3.30. The van der Waals surface area contributed by atoms with Crippen molar-refractivity contribution in [3.8, 4) is 0 Å². The van der Waals surface area contributed by atoms with Gasteiger partial charge in [0.05, 0.1) is 0 Å². The van der Waals surface area contributed by atoms with Gasteiger partial charge < -0.3 is 10.2 Å². The number of carbonyl (C=O) groups is 3. The van der Waals surface area contributed by atoms with E-state index in [1.807, 2.05) is 19.1 Å². The first-order valence-corrected chi connectivity index (χ1v) is 7.60. The second-order valence-electron chi connectivity index (χ2n) is 5.12. The molecule has 1 fully saturated rings. The van der Waals surface area contributed by atoms with Gasteiger partial charge >= 0.3 is 0 Å². The Kier molecular flexibility index (Phi) is 4.67. The molecule has 2 rings (SSSR count). The number of aryl methyl sites for hydroxylation is 1. The summed E-state index contributed by atoms with van der Waals surface area (Å²) >= 11 is 1.22. The minimum Gasteiger partial charge on any atom is -0.326 e. The smallest absolute Gasteiger partial charge is 0.228 e. The van der Waals surface area contributed by atoms with Crippen molar-refractivity contribution in [2.45, 2.75) is 32.4 Å². The maximum atomic E-state index is 12.1. The minimum atomic E-state index is -0.124. The Morgan fingerprint density at radius 3 is 2.62 bits per heavy atom. The van der Waals surface area contributed by atoms with E-state index in [1.165, 1.54) is 25.6 Å². The van der Waals surface area contributed by atoms with Gasteiger partial charge in [0.25, 0.3) is 0 Å². The molecule has 1 aliphatic heterocycles. The van der Waals surface area contributed by atoms with Crippen LogP contribution >= 0.6 is 11.8 Å². The minimum absolute atomic E-state index is 0.0188. The average Bonchev–Trinajstić information content (AvgIpc) is 2.71. The van der Waals surface area contributed by atoms with Gasteiger partial charge in [-0.15, -0.1) is 0 Å². The molecule has 1 aromatic carbocycles. The highest BCUT2D eigenvalue weighted by atomic mass is 32.2. The molecule has 1 N–H and O–H groups in total. The van der Waals surface area contributed by atoms with Crippen molar-refractivity contribution in [3.63, 3.8) is 0 Å². The van der Waals surface area contributed by atoms with E-state index in [1.54, 1.807) is 11.0 Å².